The first-order valence-corrected chi connectivity index (χ1v) is 9.67. The van der Waals surface area contributed by atoms with Crippen LogP contribution in [0.3, 0.4) is 0 Å². The van der Waals surface area contributed by atoms with Crippen molar-refractivity contribution in [2.45, 2.75) is 17.4 Å². The second kappa shape index (κ2) is 6.46. The van der Waals surface area contributed by atoms with Gasteiger partial charge in [0.15, 0.2) is 0 Å². The van der Waals surface area contributed by atoms with Crippen molar-refractivity contribution in [1.82, 2.24) is 4.31 Å². The Bertz CT molecular complexity index is 960. The molecule has 2 aromatic rings. The average Bonchev–Trinajstić information content (AvgIpc) is 3.01. The first-order chi connectivity index (χ1) is 12.4. The molecule has 136 valence electrons. The zero-order chi connectivity index (χ0) is 18.3. The van der Waals surface area contributed by atoms with Crippen LogP contribution in [-0.2, 0) is 26.0 Å². The number of benzene rings is 2. The Morgan fingerprint density at radius 1 is 1.15 bits per heavy atom. The van der Waals surface area contributed by atoms with Gasteiger partial charge in [0, 0.05) is 18.8 Å². The summed E-state index contributed by atoms with van der Waals surface area (Å²) in [4.78, 5) is 11.6. The van der Waals surface area contributed by atoms with Crippen molar-refractivity contribution in [3.05, 3.63) is 59.4 Å². The van der Waals surface area contributed by atoms with Gasteiger partial charge >= 0.3 is 0 Å². The maximum atomic E-state index is 13.1. The lowest BCUT2D eigenvalue weighted by atomic mass is 10.1. The summed E-state index contributed by atoms with van der Waals surface area (Å²) >= 11 is 0. The van der Waals surface area contributed by atoms with Crippen LogP contribution in [0, 0.1) is 5.82 Å². The Kier molecular flexibility index (Phi) is 4.26. The largest absolute Gasteiger partial charge is 0.371 e. The highest BCUT2D eigenvalue weighted by atomic mass is 32.2. The molecule has 26 heavy (non-hydrogen) atoms. The van der Waals surface area contributed by atoms with E-state index in [-0.39, 0.29) is 42.7 Å². The number of nitrogens with zero attached hydrogens (tertiary/aromatic N) is 1. The highest BCUT2D eigenvalue weighted by Crippen LogP contribution is 2.30. The van der Waals surface area contributed by atoms with Gasteiger partial charge in [0.2, 0.25) is 15.9 Å². The molecule has 6 nitrogen and oxygen atoms in total. The number of hydrogen-bond acceptors (Lipinski definition) is 4. The van der Waals surface area contributed by atoms with E-state index in [1.165, 1.54) is 22.5 Å². The molecule has 0 aliphatic carbocycles. The fourth-order valence-electron chi connectivity index (χ4n) is 3.24. The first kappa shape index (κ1) is 17.1. The molecule has 2 aliphatic heterocycles. The van der Waals surface area contributed by atoms with E-state index in [2.05, 4.69) is 5.32 Å². The molecule has 0 saturated carbocycles. The lowest BCUT2D eigenvalue weighted by Crippen LogP contribution is -2.42. The van der Waals surface area contributed by atoms with Crippen LogP contribution in [-0.4, -0.2) is 38.3 Å². The monoisotopic (exact) mass is 376 g/mol. The molecular weight excluding hydrogens is 359 g/mol. The van der Waals surface area contributed by atoms with Crippen LogP contribution in [0.1, 0.15) is 17.2 Å². The Balaban J connectivity index is 1.59. The molecule has 1 saturated heterocycles. The van der Waals surface area contributed by atoms with Gasteiger partial charge in [-0.25, -0.2) is 12.8 Å². The van der Waals surface area contributed by atoms with E-state index in [0.717, 1.165) is 5.56 Å². The fraction of sp³-hybridized carbons (Fsp3) is 0.278. The Morgan fingerprint density at radius 3 is 2.69 bits per heavy atom. The summed E-state index contributed by atoms with van der Waals surface area (Å²) in [6, 6.07) is 10.5. The number of rotatable bonds is 3. The van der Waals surface area contributed by atoms with Crippen LogP contribution >= 0.6 is 0 Å². The summed E-state index contributed by atoms with van der Waals surface area (Å²) < 4.78 is 46.2. The molecule has 1 amide bonds. The van der Waals surface area contributed by atoms with Gasteiger partial charge in [-0.15, -0.1) is 0 Å². The quantitative estimate of drug-likeness (QED) is 0.890. The van der Waals surface area contributed by atoms with Crippen molar-refractivity contribution in [2.75, 3.05) is 25.0 Å². The number of sulfonamides is 1. The smallest absolute Gasteiger partial charge is 0.243 e. The first-order valence-electron chi connectivity index (χ1n) is 8.23. The fourth-order valence-corrected chi connectivity index (χ4v) is 4.71. The van der Waals surface area contributed by atoms with E-state index in [4.69, 9.17) is 4.74 Å². The Labute approximate surface area is 150 Å². The zero-order valence-electron chi connectivity index (χ0n) is 13.8. The maximum Gasteiger partial charge on any atom is 0.243 e. The van der Waals surface area contributed by atoms with Gasteiger partial charge in [-0.05, 0) is 41.5 Å². The van der Waals surface area contributed by atoms with Gasteiger partial charge in [0.1, 0.15) is 5.82 Å². The number of amides is 1. The highest BCUT2D eigenvalue weighted by Gasteiger charge is 2.32. The van der Waals surface area contributed by atoms with Gasteiger partial charge in [0.05, 0.1) is 24.0 Å². The van der Waals surface area contributed by atoms with Crippen molar-refractivity contribution in [1.29, 1.82) is 0 Å². The van der Waals surface area contributed by atoms with E-state index >= 15 is 0 Å². The summed E-state index contributed by atoms with van der Waals surface area (Å²) in [6.45, 7) is 0.656. The minimum Gasteiger partial charge on any atom is -0.371 e. The number of anilines is 1. The third-order valence-electron chi connectivity index (χ3n) is 4.61. The average molecular weight is 376 g/mol. The predicted molar refractivity (Wildman–Crippen MR) is 92.6 cm³/mol. The molecule has 2 heterocycles. The molecule has 0 radical (unpaired) electrons. The number of carbonyl (C=O) groups is 1. The summed E-state index contributed by atoms with van der Waals surface area (Å²) in [5.74, 6) is -0.493. The van der Waals surface area contributed by atoms with Crippen LogP contribution in [0.2, 0.25) is 0 Å². The normalized spacial score (nSPS) is 20.7. The Morgan fingerprint density at radius 2 is 1.92 bits per heavy atom. The van der Waals surface area contributed by atoms with Crippen LogP contribution in [0.25, 0.3) is 0 Å². The number of ether oxygens (including phenoxy) is 1. The molecular formula is C18H17FN2O4S. The van der Waals surface area contributed by atoms with E-state index in [1.54, 1.807) is 24.3 Å². The van der Waals surface area contributed by atoms with E-state index in [9.17, 15) is 17.6 Å². The summed E-state index contributed by atoms with van der Waals surface area (Å²) in [5.41, 5.74) is 2.06. The molecule has 2 aliphatic rings. The maximum absolute atomic E-state index is 13.1. The topological polar surface area (TPSA) is 75.7 Å². The summed E-state index contributed by atoms with van der Waals surface area (Å²) in [5, 5.41) is 2.69. The van der Waals surface area contributed by atoms with Crippen molar-refractivity contribution >= 4 is 21.6 Å². The molecule has 2 aromatic carbocycles. The van der Waals surface area contributed by atoms with Crippen LogP contribution in [0.4, 0.5) is 10.1 Å². The van der Waals surface area contributed by atoms with Gasteiger partial charge in [-0.2, -0.15) is 4.31 Å². The molecule has 8 heteroatoms. The van der Waals surface area contributed by atoms with Crippen molar-refractivity contribution in [3.8, 4) is 0 Å². The molecule has 1 N–H and O–H groups in total. The van der Waals surface area contributed by atoms with Crippen LogP contribution < -0.4 is 5.32 Å². The van der Waals surface area contributed by atoms with E-state index in [0.29, 0.717) is 11.3 Å². The Hall–Kier alpha value is -2.29. The lowest BCUT2D eigenvalue weighted by molar-refractivity contribution is -0.115. The number of halogens is 1. The molecule has 1 fully saturated rings. The number of hydrogen-bond donors (Lipinski definition) is 1. The van der Waals surface area contributed by atoms with Crippen molar-refractivity contribution in [2.24, 2.45) is 0 Å². The minimum absolute atomic E-state index is 0.141. The van der Waals surface area contributed by atoms with Gasteiger partial charge < -0.3 is 10.1 Å². The van der Waals surface area contributed by atoms with Gasteiger partial charge in [-0.3, -0.25) is 4.79 Å². The van der Waals surface area contributed by atoms with E-state index < -0.39 is 16.1 Å². The molecule has 1 atom stereocenters. The molecule has 0 spiro atoms. The summed E-state index contributed by atoms with van der Waals surface area (Å²) in [7, 11) is -3.71. The number of carbonyl (C=O) groups excluding carboxylic acids is 1. The third kappa shape index (κ3) is 3.11. The summed E-state index contributed by atoms with van der Waals surface area (Å²) in [6.07, 6.45) is -0.267. The second-order valence-corrected chi connectivity index (χ2v) is 8.26. The standard InChI is InChI=1S/C18H17FN2O4S/c19-14-3-1-12(2-4-14)17-11-21(7-8-25-17)26(23,24)15-5-6-16-13(9-15)10-18(22)20-16/h1-6,9,17H,7-8,10-11H2,(H,20,22). The zero-order valence-corrected chi connectivity index (χ0v) is 14.6. The molecule has 0 bridgehead atoms. The van der Waals surface area contributed by atoms with Crippen molar-refractivity contribution in [3.63, 3.8) is 0 Å². The van der Waals surface area contributed by atoms with E-state index in [1.807, 2.05) is 0 Å². The highest BCUT2D eigenvalue weighted by molar-refractivity contribution is 7.89. The second-order valence-electron chi connectivity index (χ2n) is 6.32. The number of morpholine rings is 1. The van der Waals surface area contributed by atoms with Crippen LogP contribution in [0.15, 0.2) is 47.4 Å². The lowest BCUT2D eigenvalue weighted by Gasteiger charge is -2.32. The van der Waals surface area contributed by atoms with Crippen LogP contribution in [0.5, 0.6) is 0 Å². The van der Waals surface area contributed by atoms with Gasteiger partial charge in [-0.1, -0.05) is 12.1 Å². The third-order valence-corrected chi connectivity index (χ3v) is 6.47. The molecule has 1 unspecified atom stereocenters. The van der Waals surface area contributed by atoms with Crippen molar-refractivity contribution < 1.29 is 22.3 Å². The SMILES string of the molecule is O=C1Cc2cc(S(=O)(=O)N3CCOC(c4ccc(F)cc4)C3)ccc2N1. The predicted octanol–water partition coefficient (Wildman–Crippen LogP) is 2.08. The molecule has 4 rings (SSSR count). The minimum atomic E-state index is -3.71. The number of fused-ring (bicyclic) bond motifs is 1. The van der Waals surface area contributed by atoms with Gasteiger partial charge in [0.25, 0.3) is 0 Å². The number of nitrogens with one attached hydrogen (secondary N) is 1. The molecule has 0 aromatic heterocycles.